The van der Waals surface area contributed by atoms with Crippen LogP contribution >= 0.6 is 0 Å². The van der Waals surface area contributed by atoms with Crippen LogP contribution in [-0.4, -0.2) is 34.9 Å². The number of hydrogen-bond acceptors (Lipinski definition) is 5. The van der Waals surface area contributed by atoms with Crippen molar-refractivity contribution in [2.75, 3.05) is 18.1 Å². The highest BCUT2D eigenvalue weighted by molar-refractivity contribution is 7.83. The van der Waals surface area contributed by atoms with Crippen molar-refractivity contribution in [3.8, 4) is 11.5 Å². The fourth-order valence-electron chi connectivity index (χ4n) is 3.98. The van der Waals surface area contributed by atoms with Gasteiger partial charge in [0.1, 0.15) is 29.1 Å². The van der Waals surface area contributed by atoms with Gasteiger partial charge in [0.25, 0.3) is 0 Å². The second-order valence-corrected chi connectivity index (χ2v) is 9.21. The molecule has 0 spiro atoms. The van der Waals surface area contributed by atoms with E-state index in [1.54, 1.807) is 0 Å². The van der Waals surface area contributed by atoms with Crippen molar-refractivity contribution in [2.24, 2.45) is 0 Å². The number of rotatable bonds is 9. The zero-order chi connectivity index (χ0) is 24.8. The first-order valence-electron chi connectivity index (χ1n) is 11.1. The van der Waals surface area contributed by atoms with Crippen molar-refractivity contribution in [1.29, 1.82) is 0 Å². The third kappa shape index (κ3) is 6.33. The highest BCUT2D eigenvalue weighted by atomic mass is 32.2. The normalized spacial score (nSPS) is 14.8. The lowest BCUT2D eigenvalue weighted by Crippen LogP contribution is -2.35. The Bertz CT molecular complexity index is 1110. The summed E-state index contributed by atoms with van der Waals surface area (Å²) >= 11 is 0. The molecule has 6 nitrogen and oxygen atoms in total. The molecule has 2 unspecified atom stereocenters. The summed E-state index contributed by atoms with van der Waals surface area (Å²) in [4.78, 5) is 2.43. The van der Waals surface area contributed by atoms with Crippen molar-refractivity contribution in [3.63, 3.8) is 0 Å². The van der Waals surface area contributed by atoms with Crippen molar-refractivity contribution in [1.82, 2.24) is 4.72 Å². The van der Waals surface area contributed by atoms with Crippen LogP contribution < -0.4 is 19.1 Å². The van der Waals surface area contributed by atoms with Crippen molar-refractivity contribution < 1.29 is 32.0 Å². The Morgan fingerprint density at radius 1 is 1.03 bits per heavy atom. The minimum absolute atomic E-state index is 0.0908. The number of hydrogen-bond donors (Lipinski definition) is 2. The maximum Gasteiger partial charge on any atom is 0.573 e. The molecule has 0 saturated heterocycles. The van der Waals surface area contributed by atoms with Gasteiger partial charge >= 0.3 is 6.36 Å². The SMILES string of the molecule is O=S(NCCCC(CO)N1c2ccccc2COc2ccccc21)c1ccc(OC(F)(F)F)cc1. The molecule has 0 radical (unpaired) electrons. The molecule has 0 amide bonds. The molecule has 2 N–H and O–H groups in total. The molecule has 1 aliphatic heterocycles. The first kappa shape index (κ1) is 25.0. The van der Waals surface area contributed by atoms with Gasteiger partial charge < -0.3 is 19.5 Å². The van der Waals surface area contributed by atoms with Crippen LogP contribution in [0.4, 0.5) is 24.5 Å². The Morgan fingerprint density at radius 2 is 1.71 bits per heavy atom. The summed E-state index contributed by atoms with van der Waals surface area (Å²) in [7, 11) is -1.59. The number of nitrogens with one attached hydrogen (secondary N) is 1. The number of fused-ring (bicyclic) bond motifs is 2. The third-order valence-corrected chi connectivity index (χ3v) is 6.72. The first-order valence-corrected chi connectivity index (χ1v) is 12.2. The third-order valence-electron chi connectivity index (χ3n) is 5.55. The molecule has 2 atom stereocenters. The van der Waals surface area contributed by atoms with E-state index in [-0.39, 0.29) is 18.4 Å². The summed E-state index contributed by atoms with van der Waals surface area (Å²) in [6, 6.07) is 20.2. The van der Waals surface area contributed by atoms with E-state index in [1.165, 1.54) is 12.1 Å². The predicted molar refractivity (Wildman–Crippen MR) is 127 cm³/mol. The topological polar surface area (TPSA) is 71.0 Å². The second-order valence-electron chi connectivity index (χ2n) is 7.92. The zero-order valence-corrected chi connectivity index (χ0v) is 19.5. The number of anilines is 2. The van der Waals surface area contributed by atoms with Gasteiger partial charge in [0.15, 0.2) is 0 Å². The van der Waals surface area contributed by atoms with Gasteiger partial charge in [0.05, 0.1) is 23.2 Å². The van der Waals surface area contributed by atoms with Gasteiger partial charge in [-0.25, -0.2) is 8.93 Å². The highest BCUT2D eigenvalue weighted by Gasteiger charge is 2.31. The van der Waals surface area contributed by atoms with Crippen LogP contribution in [0.15, 0.2) is 77.7 Å². The van der Waals surface area contributed by atoms with Gasteiger partial charge in [-0.05, 0) is 55.3 Å². The van der Waals surface area contributed by atoms with Crippen LogP contribution in [0.3, 0.4) is 0 Å². The molecule has 3 aromatic rings. The van der Waals surface area contributed by atoms with E-state index in [9.17, 15) is 22.5 Å². The molecule has 0 saturated carbocycles. The van der Waals surface area contributed by atoms with Gasteiger partial charge in [-0.1, -0.05) is 30.3 Å². The van der Waals surface area contributed by atoms with E-state index in [0.717, 1.165) is 34.8 Å². The van der Waals surface area contributed by atoms with Crippen LogP contribution in [0.5, 0.6) is 11.5 Å². The van der Waals surface area contributed by atoms with Gasteiger partial charge in [-0.15, -0.1) is 13.2 Å². The number of benzene rings is 3. The molecule has 186 valence electrons. The lowest BCUT2D eigenvalue weighted by Gasteiger charge is -2.33. The van der Waals surface area contributed by atoms with Crippen molar-refractivity contribution in [2.45, 2.75) is 36.7 Å². The van der Waals surface area contributed by atoms with Crippen LogP contribution in [0.2, 0.25) is 0 Å². The lowest BCUT2D eigenvalue weighted by atomic mass is 10.1. The van der Waals surface area contributed by atoms with E-state index >= 15 is 0 Å². The van der Waals surface area contributed by atoms with Crippen molar-refractivity contribution in [3.05, 3.63) is 78.4 Å². The molecule has 0 fully saturated rings. The Morgan fingerprint density at radius 3 is 2.43 bits per heavy atom. The van der Waals surface area contributed by atoms with Crippen LogP contribution in [0, 0.1) is 0 Å². The summed E-state index contributed by atoms with van der Waals surface area (Å²) in [5.41, 5.74) is 2.85. The van der Waals surface area contributed by atoms with E-state index in [0.29, 0.717) is 30.9 Å². The first-order chi connectivity index (χ1) is 16.9. The highest BCUT2D eigenvalue weighted by Crippen LogP contribution is 2.41. The van der Waals surface area contributed by atoms with Crippen LogP contribution in [-0.2, 0) is 17.6 Å². The van der Waals surface area contributed by atoms with E-state index < -0.39 is 17.3 Å². The Hall–Kier alpha value is -3.08. The average molecular weight is 507 g/mol. The number of aliphatic hydroxyl groups is 1. The molecule has 4 rings (SSSR count). The standard InChI is InChI=1S/C25H25F3N2O4S/c26-25(27,28)34-20-11-13-21(14-12-20)35(32)29-15-5-7-19(16-31)30-22-8-2-1-6-18(22)17-33-24-10-4-3-9-23(24)30/h1-4,6,8-14,19,29,31H,5,7,15-17H2. The Labute approximate surface area is 203 Å². The molecule has 1 aliphatic rings. The molecule has 0 aliphatic carbocycles. The van der Waals surface area contributed by atoms with Gasteiger partial charge in [0, 0.05) is 17.8 Å². The van der Waals surface area contributed by atoms with E-state index in [4.69, 9.17) is 4.74 Å². The van der Waals surface area contributed by atoms with Crippen molar-refractivity contribution >= 4 is 22.4 Å². The van der Waals surface area contributed by atoms with Gasteiger partial charge in [-0.2, -0.15) is 0 Å². The summed E-state index contributed by atoms with van der Waals surface area (Å²) < 4.78 is 62.1. The minimum atomic E-state index is -4.78. The number of nitrogens with zero attached hydrogens (tertiary/aromatic N) is 1. The molecular weight excluding hydrogens is 481 g/mol. The lowest BCUT2D eigenvalue weighted by molar-refractivity contribution is -0.274. The van der Waals surface area contributed by atoms with E-state index in [2.05, 4.69) is 14.4 Å². The minimum Gasteiger partial charge on any atom is -0.487 e. The van der Waals surface area contributed by atoms with Gasteiger partial charge in [-0.3, -0.25) is 0 Å². The smallest absolute Gasteiger partial charge is 0.487 e. The van der Waals surface area contributed by atoms with E-state index in [1.807, 2.05) is 48.5 Å². The number of ether oxygens (including phenoxy) is 2. The average Bonchev–Trinajstić information content (AvgIpc) is 3.01. The van der Waals surface area contributed by atoms with Crippen LogP contribution in [0.25, 0.3) is 0 Å². The summed E-state index contributed by atoms with van der Waals surface area (Å²) in [6.07, 6.45) is -3.57. The maximum atomic E-state index is 12.5. The fraction of sp³-hybridized carbons (Fsp3) is 0.280. The fourth-order valence-corrected chi connectivity index (χ4v) is 4.86. The number of halogens is 3. The summed E-state index contributed by atoms with van der Waals surface area (Å²) in [6.45, 7) is 0.721. The maximum absolute atomic E-state index is 12.5. The number of alkyl halides is 3. The quantitative estimate of drug-likeness (QED) is 0.397. The monoisotopic (exact) mass is 506 g/mol. The second kappa shape index (κ2) is 11.1. The summed E-state index contributed by atoms with van der Waals surface area (Å²) in [5.74, 6) is 0.366. The molecule has 35 heavy (non-hydrogen) atoms. The Kier molecular flexibility index (Phi) is 7.94. The van der Waals surface area contributed by atoms with Gasteiger partial charge in [0.2, 0.25) is 0 Å². The molecule has 0 aromatic heterocycles. The van der Waals surface area contributed by atoms with Crippen LogP contribution in [0.1, 0.15) is 18.4 Å². The zero-order valence-electron chi connectivity index (χ0n) is 18.7. The Balaban J connectivity index is 1.39. The number of aliphatic hydroxyl groups excluding tert-OH is 1. The largest absolute Gasteiger partial charge is 0.573 e. The predicted octanol–water partition coefficient (Wildman–Crippen LogP) is 5.07. The molecule has 10 heteroatoms. The molecule has 3 aromatic carbocycles. The summed E-state index contributed by atoms with van der Waals surface area (Å²) in [5, 5.41) is 10.3. The molecule has 0 bridgehead atoms. The number of para-hydroxylation sites is 3. The molecular formula is C25H25F3N2O4S. The molecule has 1 heterocycles.